The molecule has 0 aliphatic carbocycles. The van der Waals surface area contributed by atoms with E-state index in [1.54, 1.807) is 17.4 Å². The molecule has 1 aromatic carbocycles. The first-order valence-corrected chi connectivity index (χ1v) is 5.99. The van der Waals surface area contributed by atoms with Crippen molar-refractivity contribution in [3.05, 3.63) is 35.1 Å². The number of halogens is 1. The zero-order valence-corrected chi connectivity index (χ0v) is 9.66. The average Bonchev–Trinajstić information content (AvgIpc) is 2.49. The molecule has 0 saturated carbocycles. The summed E-state index contributed by atoms with van der Waals surface area (Å²) in [6.07, 6.45) is 0. The van der Waals surface area contributed by atoms with Crippen molar-refractivity contribution < 1.29 is 4.39 Å². The van der Waals surface area contributed by atoms with Crippen LogP contribution in [0.2, 0.25) is 0 Å². The number of rotatable bonds is 2. The van der Waals surface area contributed by atoms with E-state index in [-0.39, 0.29) is 5.82 Å². The van der Waals surface area contributed by atoms with Crippen molar-refractivity contribution in [1.29, 1.82) is 0 Å². The van der Waals surface area contributed by atoms with Gasteiger partial charge in [0, 0.05) is 21.7 Å². The first-order valence-electron chi connectivity index (χ1n) is 4.29. The Morgan fingerprint density at radius 3 is 2.80 bits per heavy atom. The van der Waals surface area contributed by atoms with E-state index in [1.165, 1.54) is 23.9 Å². The molecule has 1 aromatic heterocycles. The number of nitrogens with two attached hydrogens (primary N) is 1. The largest absolute Gasteiger partial charge is 0.399 e. The molecule has 0 aliphatic heterocycles. The summed E-state index contributed by atoms with van der Waals surface area (Å²) in [7, 11) is 0. The van der Waals surface area contributed by atoms with Gasteiger partial charge in [0.1, 0.15) is 5.82 Å². The van der Waals surface area contributed by atoms with Crippen molar-refractivity contribution in [1.82, 2.24) is 4.98 Å². The highest BCUT2D eigenvalue weighted by atomic mass is 32.2. The van der Waals surface area contributed by atoms with Crippen LogP contribution in [0.25, 0.3) is 0 Å². The molecule has 2 rings (SSSR count). The van der Waals surface area contributed by atoms with Crippen LogP contribution in [0.3, 0.4) is 0 Å². The molecule has 2 nitrogen and oxygen atoms in total. The summed E-state index contributed by atoms with van der Waals surface area (Å²) in [5.41, 5.74) is 6.96. The van der Waals surface area contributed by atoms with Crippen molar-refractivity contribution in [2.24, 2.45) is 0 Å². The highest BCUT2D eigenvalue weighted by molar-refractivity contribution is 8.01. The second-order valence-electron chi connectivity index (χ2n) is 3.08. The second kappa shape index (κ2) is 4.20. The van der Waals surface area contributed by atoms with Gasteiger partial charge in [-0.2, -0.15) is 0 Å². The van der Waals surface area contributed by atoms with Gasteiger partial charge in [0.15, 0.2) is 4.34 Å². The third kappa shape index (κ3) is 2.70. The maximum Gasteiger partial charge on any atom is 0.154 e. The molecular weight excluding hydrogens is 231 g/mol. The summed E-state index contributed by atoms with van der Waals surface area (Å²) in [4.78, 5) is 5.06. The van der Waals surface area contributed by atoms with Gasteiger partial charge in [0.2, 0.25) is 0 Å². The van der Waals surface area contributed by atoms with Crippen LogP contribution in [-0.2, 0) is 0 Å². The van der Waals surface area contributed by atoms with Crippen LogP contribution in [-0.4, -0.2) is 4.98 Å². The molecule has 0 fully saturated rings. The molecule has 1 heterocycles. The van der Waals surface area contributed by atoms with Crippen molar-refractivity contribution in [3.8, 4) is 0 Å². The maximum atomic E-state index is 13.0. The highest BCUT2D eigenvalue weighted by Crippen LogP contribution is 2.31. The normalized spacial score (nSPS) is 10.5. The van der Waals surface area contributed by atoms with Crippen LogP contribution >= 0.6 is 23.1 Å². The molecule has 5 heteroatoms. The smallest absolute Gasteiger partial charge is 0.154 e. The molecule has 0 atom stereocenters. The number of hydrogen-bond acceptors (Lipinski definition) is 4. The van der Waals surface area contributed by atoms with Crippen molar-refractivity contribution in [2.75, 3.05) is 5.73 Å². The highest BCUT2D eigenvalue weighted by Gasteiger charge is 2.04. The lowest BCUT2D eigenvalue weighted by molar-refractivity contribution is 0.625. The fourth-order valence-electron chi connectivity index (χ4n) is 1.12. The number of hydrogen-bond donors (Lipinski definition) is 1. The van der Waals surface area contributed by atoms with Crippen molar-refractivity contribution in [2.45, 2.75) is 16.2 Å². The summed E-state index contributed by atoms with van der Waals surface area (Å²) in [5.74, 6) is -0.314. The standard InChI is InChI=1S/C10H9FN2S2/c1-6-5-14-10(13-6)15-9-3-7(11)2-8(12)4-9/h2-5H,12H2,1H3. The van der Waals surface area contributed by atoms with Crippen LogP contribution in [0.4, 0.5) is 10.1 Å². The van der Waals surface area contributed by atoms with E-state index in [0.29, 0.717) is 5.69 Å². The molecule has 0 amide bonds. The zero-order valence-electron chi connectivity index (χ0n) is 8.03. The number of aryl methyl sites for hydroxylation is 1. The summed E-state index contributed by atoms with van der Waals surface area (Å²) in [6, 6.07) is 4.50. The predicted molar refractivity (Wildman–Crippen MR) is 61.8 cm³/mol. The van der Waals surface area contributed by atoms with Gasteiger partial charge in [0.25, 0.3) is 0 Å². The van der Waals surface area contributed by atoms with E-state index < -0.39 is 0 Å². The maximum absolute atomic E-state index is 13.0. The van der Waals surface area contributed by atoms with E-state index in [0.717, 1.165) is 14.9 Å². The minimum atomic E-state index is -0.314. The van der Waals surface area contributed by atoms with E-state index in [9.17, 15) is 4.39 Å². The first kappa shape index (κ1) is 10.4. The van der Waals surface area contributed by atoms with E-state index in [1.807, 2.05) is 12.3 Å². The summed E-state index contributed by atoms with van der Waals surface area (Å²) in [5, 5.41) is 1.96. The van der Waals surface area contributed by atoms with Gasteiger partial charge in [-0.3, -0.25) is 0 Å². The summed E-state index contributed by atoms with van der Waals surface area (Å²) < 4.78 is 13.9. The van der Waals surface area contributed by atoms with Crippen LogP contribution in [0, 0.1) is 12.7 Å². The number of nitrogen functional groups attached to an aromatic ring is 1. The Morgan fingerprint density at radius 1 is 1.40 bits per heavy atom. The fraction of sp³-hybridized carbons (Fsp3) is 0.100. The Bertz CT molecular complexity index is 462. The number of aromatic nitrogens is 1. The van der Waals surface area contributed by atoms with Gasteiger partial charge in [-0.15, -0.1) is 11.3 Å². The molecule has 2 N–H and O–H groups in total. The van der Waals surface area contributed by atoms with Gasteiger partial charge in [-0.05, 0) is 25.1 Å². The summed E-state index contributed by atoms with van der Waals surface area (Å²) >= 11 is 2.97. The van der Waals surface area contributed by atoms with E-state index in [4.69, 9.17) is 5.73 Å². The molecule has 0 bridgehead atoms. The zero-order chi connectivity index (χ0) is 10.8. The quantitative estimate of drug-likeness (QED) is 0.818. The topological polar surface area (TPSA) is 38.9 Å². The van der Waals surface area contributed by atoms with Gasteiger partial charge in [-0.1, -0.05) is 11.8 Å². The monoisotopic (exact) mass is 240 g/mol. The molecule has 0 unspecified atom stereocenters. The lowest BCUT2D eigenvalue weighted by Gasteiger charge is -1.99. The Hall–Kier alpha value is -1.07. The van der Waals surface area contributed by atoms with Gasteiger partial charge >= 0.3 is 0 Å². The number of nitrogens with zero attached hydrogens (tertiary/aromatic N) is 1. The average molecular weight is 240 g/mol. The third-order valence-electron chi connectivity index (χ3n) is 1.70. The van der Waals surface area contributed by atoms with E-state index >= 15 is 0 Å². The minimum Gasteiger partial charge on any atom is -0.399 e. The van der Waals surface area contributed by atoms with Gasteiger partial charge < -0.3 is 5.73 Å². The van der Waals surface area contributed by atoms with Crippen LogP contribution < -0.4 is 5.73 Å². The Morgan fingerprint density at radius 2 is 2.20 bits per heavy atom. The SMILES string of the molecule is Cc1csc(Sc2cc(N)cc(F)c2)n1. The lowest BCUT2D eigenvalue weighted by atomic mass is 10.3. The number of anilines is 1. The van der Waals surface area contributed by atoms with Crippen molar-refractivity contribution in [3.63, 3.8) is 0 Å². The fourth-order valence-corrected chi connectivity index (χ4v) is 3.03. The van der Waals surface area contributed by atoms with Gasteiger partial charge in [0.05, 0.1) is 0 Å². The van der Waals surface area contributed by atoms with Gasteiger partial charge in [-0.25, -0.2) is 9.37 Å². The van der Waals surface area contributed by atoms with Crippen LogP contribution in [0.15, 0.2) is 32.8 Å². The van der Waals surface area contributed by atoms with E-state index in [2.05, 4.69) is 4.98 Å². The third-order valence-corrected chi connectivity index (χ3v) is 3.72. The molecule has 15 heavy (non-hydrogen) atoms. The minimum absolute atomic E-state index is 0.314. The van der Waals surface area contributed by atoms with Crippen molar-refractivity contribution >= 4 is 28.8 Å². The first-order chi connectivity index (χ1) is 7.13. The second-order valence-corrected chi connectivity index (χ2v) is 5.26. The molecule has 0 aliphatic rings. The molecule has 78 valence electrons. The lowest BCUT2D eigenvalue weighted by Crippen LogP contribution is -1.86. The number of thiazole rings is 1. The molecule has 0 saturated heterocycles. The molecular formula is C10H9FN2S2. The summed E-state index contributed by atoms with van der Waals surface area (Å²) in [6.45, 7) is 1.93. The Labute approximate surface area is 95.3 Å². The molecule has 0 radical (unpaired) electrons. The molecule has 2 aromatic rings. The number of benzene rings is 1. The Balaban J connectivity index is 2.24. The molecule has 0 spiro atoms. The van der Waals surface area contributed by atoms with Crippen LogP contribution in [0.5, 0.6) is 0 Å². The Kier molecular flexibility index (Phi) is 2.93. The predicted octanol–water partition coefficient (Wildman–Crippen LogP) is 3.32. The van der Waals surface area contributed by atoms with Crippen LogP contribution in [0.1, 0.15) is 5.69 Å².